The number of nitrogens with one attached hydrogen (secondary N) is 2. The summed E-state index contributed by atoms with van der Waals surface area (Å²) in [6.45, 7) is 1.45. The van der Waals surface area contributed by atoms with Crippen molar-refractivity contribution in [2.45, 2.75) is 6.42 Å². The van der Waals surface area contributed by atoms with Gasteiger partial charge in [0.1, 0.15) is 0 Å². The van der Waals surface area contributed by atoms with Gasteiger partial charge in [-0.25, -0.2) is 0 Å². The monoisotopic (exact) mass is 288 g/mol. The molecule has 0 radical (unpaired) electrons. The Balaban J connectivity index is 1.64. The molecule has 0 aliphatic rings. The lowest BCUT2D eigenvalue weighted by Gasteiger charge is -2.07. The number of hydrogen-bond donors (Lipinski definition) is 2. The Morgan fingerprint density at radius 3 is 2.35 bits per heavy atom. The normalized spacial score (nSPS) is 10.1. The van der Waals surface area contributed by atoms with E-state index in [2.05, 4.69) is 10.6 Å². The zero-order valence-corrected chi connectivity index (χ0v) is 11.9. The van der Waals surface area contributed by atoms with E-state index in [-0.39, 0.29) is 5.91 Å². The van der Waals surface area contributed by atoms with Gasteiger partial charge in [-0.3, -0.25) is 4.79 Å². The number of carbonyl (C=O) groups is 1. The molecule has 0 saturated carbocycles. The molecule has 104 valence electrons. The molecule has 0 saturated heterocycles. The van der Waals surface area contributed by atoms with Gasteiger partial charge in [-0.1, -0.05) is 29.8 Å². The highest BCUT2D eigenvalue weighted by Crippen LogP contribution is 2.12. The number of benzene rings is 2. The first-order valence-electron chi connectivity index (χ1n) is 6.58. The molecule has 0 bridgehead atoms. The highest BCUT2D eigenvalue weighted by molar-refractivity contribution is 6.30. The summed E-state index contributed by atoms with van der Waals surface area (Å²) < 4.78 is 0. The smallest absolute Gasteiger partial charge is 0.251 e. The van der Waals surface area contributed by atoms with Gasteiger partial charge in [-0.2, -0.15) is 0 Å². The molecule has 1 amide bonds. The standard InChI is InChI=1S/C16H17ClN2O/c17-14-7-9-15(10-8-14)18-11-4-12-19-16(20)13-5-2-1-3-6-13/h1-3,5-10,18H,4,11-12H2,(H,19,20). The van der Waals surface area contributed by atoms with Crippen molar-refractivity contribution in [3.05, 3.63) is 65.2 Å². The third-order valence-electron chi connectivity index (χ3n) is 2.85. The van der Waals surface area contributed by atoms with E-state index in [4.69, 9.17) is 11.6 Å². The maximum Gasteiger partial charge on any atom is 0.251 e. The van der Waals surface area contributed by atoms with Crippen molar-refractivity contribution in [1.29, 1.82) is 0 Å². The molecule has 2 rings (SSSR count). The quantitative estimate of drug-likeness (QED) is 0.798. The van der Waals surface area contributed by atoms with Gasteiger partial charge in [-0.15, -0.1) is 0 Å². The highest BCUT2D eigenvalue weighted by Gasteiger charge is 2.02. The lowest BCUT2D eigenvalue weighted by Crippen LogP contribution is -2.25. The van der Waals surface area contributed by atoms with Crippen LogP contribution in [0.5, 0.6) is 0 Å². The Morgan fingerprint density at radius 1 is 0.950 bits per heavy atom. The fraction of sp³-hybridized carbons (Fsp3) is 0.188. The molecule has 4 heteroatoms. The van der Waals surface area contributed by atoms with Gasteiger partial charge < -0.3 is 10.6 Å². The number of carbonyl (C=O) groups excluding carboxylic acids is 1. The predicted molar refractivity (Wildman–Crippen MR) is 83.3 cm³/mol. The Bertz CT molecular complexity index is 540. The first-order chi connectivity index (χ1) is 9.75. The summed E-state index contributed by atoms with van der Waals surface area (Å²) >= 11 is 5.81. The molecule has 0 heterocycles. The van der Waals surface area contributed by atoms with Gasteiger partial charge >= 0.3 is 0 Å². The van der Waals surface area contributed by atoms with Gasteiger partial charge in [0.05, 0.1) is 0 Å². The molecule has 0 aromatic heterocycles. The third-order valence-corrected chi connectivity index (χ3v) is 3.10. The summed E-state index contributed by atoms with van der Waals surface area (Å²) in [6.07, 6.45) is 0.862. The second-order valence-electron chi connectivity index (χ2n) is 4.41. The van der Waals surface area contributed by atoms with Crippen LogP contribution in [0.25, 0.3) is 0 Å². The number of rotatable bonds is 6. The van der Waals surface area contributed by atoms with E-state index in [0.29, 0.717) is 12.1 Å². The van der Waals surface area contributed by atoms with E-state index < -0.39 is 0 Å². The number of amides is 1. The predicted octanol–water partition coefficient (Wildman–Crippen LogP) is 3.57. The zero-order chi connectivity index (χ0) is 14.2. The van der Waals surface area contributed by atoms with Gasteiger partial charge in [0.25, 0.3) is 5.91 Å². The summed E-state index contributed by atoms with van der Waals surface area (Å²) in [5, 5.41) is 6.90. The maximum absolute atomic E-state index is 11.8. The molecule has 20 heavy (non-hydrogen) atoms. The zero-order valence-electron chi connectivity index (χ0n) is 11.1. The van der Waals surface area contributed by atoms with Crippen LogP contribution in [0.3, 0.4) is 0 Å². The Kier molecular flexibility index (Phi) is 5.44. The second-order valence-corrected chi connectivity index (χ2v) is 4.85. The minimum Gasteiger partial charge on any atom is -0.385 e. The van der Waals surface area contributed by atoms with Crippen LogP contribution in [-0.4, -0.2) is 19.0 Å². The number of halogens is 1. The molecule has 3 nitrogen and oxygen atoms in total. The van der Waals surface area contributed by atoms with Gasteiger partial charge in [0.15, 0.2) is 0 Å². The van der Waals surface area contributed by atoms with Crippen molar-refractivity contribution in [2.75, 3.05) is 18.4 Å². The van der Waals surface area contributed by atoms with E-state index in [1.165, 1.54) is 0 Å². The minimum atomic E-state index is -0.0305. The van der Waals surface area contributed by atoms with Crippen LogP contribution < -0.4 is 10.6 Å². The largest absolute Gasteiger partial charge is 0.385 e. The van der Waals surface area contributed by atoms with Crippen molar-refractivity contribution in [3.8, 4) is 0 Å². The molecule has 0 atom stereocenters. The molecule has 2 aromatic rings. The van der Waals surface area contributed by atoms with Crippen molar-refractivity contribution in [3.63, 3.8) is 0 Å². The van der Waals surface area contributed by atoms with Crippen LogP contribution in [0.1, 0.15) is 16.8 Å². The SMILES string of the molecule is O=C(NCCCNc1ccc(Cl)cc1)c1ccccc1. The lowest BCUT2D eigenvalue weighted by molar-refractivity contribution is 0.0953. The van der Waals surface area contributed by atoms with E-state index in [0.717, 1.165) is 23.7 Å². The van der Waals surface area contributed by atoms with Gasteiger partial charge in [-0.05, 0) is 42.8 Å². The van der Waals surface area contributed by atoms with Crippen LogP contribution in [0, 0.1) is 0 Å². The first kappa shape index (κ1) is 14.4. The van der Waals surface area contributed by atoms with Crippen LogP contribution in [-0.2, 0) is 0 Å². The Hall–Kier alpha value is -2.00. The highest BCUT2D eigenvalue weighted by atomic mass is 35.5. The Morgan fingerprint density at radius 2 is 1.65 bits per heavy atom. The van der Waals surface area contributed by atoms with Gasteiger partial charge in [0, 0.05) is 29.4 Å². The molecule has 2 N–H and O–H groups in total. The van der Waals surface area contributed by atoms with Gasteiger partial charge in [0.2, 0.25) is 0 Å². The lowest BCUT2D eigenvalue weighted by atomic mass is 10.2. The van der Waals surface area contributed by atoms with E-state index in [9.17, 15) is 4.79 Å². The van der Waals surface area contributed by atoms with Crippen LogP contribution in [0.15, 0.2) is 54.6 Å². The van der Waals surface area contributed by atoms with Crippen molar-refractivity contribution < 1.29 is 4.79 Å². The van der Waals surface area contributed by atoms with Crippen molar-refractivity contribution >= 4 is 23.2 Å². The fourth-order valence-electron chi connectivity index (χ4n) is 1.78. The van der Waals surface area contributed by atoms with Crippen LogP contribution in [0.2, 0.25) is 5.02 Å². The fourth-order valence-corrected chi connectivity index (χ4v) is 1.91. The van der Waals surface area contributed by atoms with E-state index in [1.807, 2.05) is 42.5 Å². The van der Waals surface area contributed by atoms with Crippen LogP contribution >= 0.6 is 11.6 Å². The molecular weight excluding hydrogens is 272 g/mol. The number of anilines is 1. The molecule has 0 fully saturated rings. The summed E-state index contributed by atoms with van der Waals surface area (Å²) in [4.78, 5) is 11.8. The van der Waals surface area contributed by atoms with E-state index in [1.54, 1.807) is 12.1 Å². The molecule has 0 aliphatic carbocycles. The minimum absolute atomic E-state index is 0.0305. The third kappa shape index (κ3) is 4.59. The average Bonchev–Trinajstić information content (AvgIpc) is 2.49. The second kappa shape index (κ2) is 7.56. The molecule has 0 spiro atoms. The van der Waals surface area contributed by atoms with Crippen molar-refractivity contribution in [2.24, 2.45) is 0 Å². The molecule has 0 unspecified atom stereocenters. The van der Waals surface area contributed by atoms with E-state index >= 15 is 0 Å². The summed E-state index contributed by atoms with van der Waals surface area (Å²) in [5.74, 6) is -0.0305. The topological polar surface area (TPSA) is 41.1 Å². The molecule has 0 aliphatic heterocycles. The molecular formula is C16H17ClN2O. The summed E-state index contributed by atoms with van der Waals surface area (Å²) in [6, 6.07) is 16.8. The first-order valence-corrected chi connectivity index (χ1v) is 6.96. The number of hydrogen-bond acceptors (Lipinski definition) is 2. The average molecular weight is 289 g/mol. The maximum atomic E-state index is 11.8. The molecule has 2 aromatic carbocycles. The summed E-state index contributed by atoms with van der Waals surface area (Å²) in [7, 11) is 0. The summed E-state index contributed by atoms with van der Waals surface area (Å²) in [5.41, 5.74) is 1.72. The Labute approximate surface area is 124 Å². The van der Waals surface area contributed by atoms with Crippen molar-refractivity contribution in [1.82, 2.24) is 5.32 Å². The van der Waals surface area contributed by atoms with Crippen LogP contribution in [0.4, 0.5) is 5.69 Å².